The summed E-state index contributed by atoms with van der Waals surface area (Å²) in [7, 11) is 1.45. The number of nitrogens with zero attached hydrogens (tertiary/aromatic N) is 1. The molecule has 0 saturated heterocycles. The molecule has 3 nitrogen and oxygen atoms in total. The summed E-state index contributed by atoms with van der Waals surface area (Å²) in [4.78, 5) is 12.1. The molecule has 5 rings (SSSR count). The fraction of sp³-hybridized carbons (Fsp3) is 0.375. The average molecular weight is 359 g/mol. The van der Waals surface area contributed by atoms with Crippen LogP contribution in [0.4, 0.5) is 0 Å². The van der Waals surface area contributed by atoms with Crippen LogP contribution in [0.15, 0.2) is 48.1 Å². The highest BCUT2D eigenvalue weighted by atomic mass is 16.5. The monoisotopic (exact) mass is 359 g/mol. The van der Waals surface area contributed by atoms with E-state index in [1.165, 1.54) is 67.0 Å². The summed E-state index contributed by atoms with van der Waals surface area (Å²) < 4.78 is 7.38. The zero-order chi connectivity index (χ0) is 18.4. The van der Waals surface area contributed by atoms with E-state index in [4.69, 9.17) is 4.74 Å². The highest BCUT2D eigenvalue weighted by Crippen LogP contribution is 2.45. The molecular weight excluding hydrogens is 334 g/mol. The third-order valence-electron chi connectivity index (χ3n) is 6.37. The molecule has 0 spiro atoms. The van der Waals surface area contributed by atoms with Crippen LogP contribution in [0.25, 0.3) is 16.5 Å². The number of ether oxygens (including phenoxy) is 1. The molecule has 1 saturated carbocycles. The largest absolute Gasteiger partial charge is 0.465 e. The first-order valence-corrected chi connectivity index (χ1v) is 10.1. The summed E-state index contributed by atoms with van der Waals surface area (Å²) >= 11 is 0. The van der Waals surface area contributed by atoms with Gasteiger partial charge in [0.05, 0.1) is 18.4 Å². The number of aromatic nitrogens is 1. The van der Waals surface area contributed by atoms with Crippen LogP contribution in [-0.2, 0) is 11.3 Å². The lowest BCUT2D eigenvalue weighted by Gasteiger charge is -2.23. The van der Waals surface area contributed by atoms with Crippen LogP contribution >= 0.6 is 0 Å². The van der Waals surface area contributed by atoms with E-state index in [1.54, 1.807) is 0 Å². The van der Waals surface area contributed by atoms with Gasteiger partial charge in [0.15, 0.2) is 0 Å². The predicted molar refractivity (Wildman–Crippen MR) is 109 cm³/mol. The number of hydrogen-bond donors (Lipinski definition) is 0. The van der Waals surface area contributed by atoms with E-state index in [0.717, 1.165) is 18.5 Å². The Hall–Kier alpha value is -2.55. The second-order valence-electron chi connectivity index (χ2n) is 7.88. The molecule has 1 aromatic carbocycles. The molecule has 3 aliphatic rings. The number of fused-ring (bicyclic) bond motifs is 4. The molecule has 0 bridgehead atoms. The standard InChI is InChI=1S/C24H25NO2/c1-27-24(26)18-12-13-20-21(15-18)25-14-6-10-16-9-5-11-19(16)23(25)22(20)17-7-3-2-4-8-17/h5-6,10-13,15,17H,2-4,7-9,14H2,1H3. The lowest BCUT2D eigenvalue weighted by atomic mass is 9.81. The summed E-state index contributed by atoms with van der Waals surface area (Å²) in [6.45, 7) is 0.851. The van der Waals surface area contributed by atoms with Crippen LogP contribution in [0.5, 0.6) is 0 Å². The van der Waals surface area contributed by atoms with Gasteiger partial charge in [-0.05, 0) is 48.4 Å². The Labute approximate surface area is 160 Å². The third-order valence-corrected chi connectivity index (χ3v) is 6.37. The van der Waals surface area contributed by atoms with Gasteiger partial charge < -0.3 is 9.30 Å². The Morgan fingerprint density at radius 2 is 1.96 bits per heavy atom. The SMILES string of the molecule is COC(=O)c1ccc2c(C3CCCCC3)c3n(c2c1)CC=CC1=C3C=CC1. The molecule has 0 amide bonds. The van der Waals surface area contributed by atoms with Crippen LogP contribution in [0.3, 0.4) is 0 Å². The fourth-order valence-electron chi connectivity index (χ4n) is 5.12. The number of hydrogen-bond acceptors (Lipinski definition) is 2. The van der Waals surface area contributed by atoms with Gasteiger partial charge in [-0.15, -0.1) is 0 Å². The summed E-state index contributed by atoms with van der Waals surface area (Å²) in [6, 6.07) is 6.10. The van der Waals surface area contributed by atoms with Crippen molar-refractivity contribution >= 4 is 22.4 Å². The number of carbonyl (C=O) groups is 1. The number of rotatable bonds is 2. The quantitative estimate of drug-likeness (QED) is 0.639. The summed E-state index contributed by atoms with van der Waals surface area (Å²) in [6.07, 6.45) is 16.6. The van der Waals surface area contributed by atoms with Crippen molar-refractivity contribution < 1.29 is 9.53 Å². The normalized spacial score (nSPS) is 19.3. The Bertz CT molecular complexity index is 1010. The molecule has 2 aromatic rings. The highest BCUT2D eigenvalue weighted by Gasteiger charge is 2.29. The zero-order valence-corrected chi connectivity index (χ0v) is 15.8. The molecule has 2 aliphatic carbocycles. The molecule has 3 heteroatoms. The van der Waals surface area contributed by atoms with Crippen molar-refractivity contribution in [3.05, 3.63) is 64.9 Å². The molecule has 138 valence electrons. The third kappa shape index (κ3) is 2.60. The van der Waals surface area contributed by atoms with Gasteiger partial charge in [-0.25, -0.2) is 4.79 Å². The second kappa shape index (κ2) is 6.56. The summed E-state index contributed by atoms with van der Waals surface area (Å²) in [5.74, 6) is 0.346. The average Bonchev–Trinajstić information content (AvgIpc) is 3.25. The number of allylic oxidation sites excluding steroid dienone is 6. The Kier molecular flexibility index (Phi) is 4.04. The number of esters is 1. The van der Waals surface area contributed by atoms with E-state index in [-0.39, 0.29) is 5.97 Å². The minimum absolute atomic E-state index is 0.267. The van der Waals surface area contributed by atoms with Gasteiger partial charge in [0, 0.05) is 23.0 Å². The van der Waals surface area contributed by atoms with Gasteiger partial charge in [-0.3, -0.25) is 0 Å². The highest BCUT2D eigenvalue weighted by molar-refractivity contribution is 5.99. The Morgan fingerprint density at radius 1 is 1.11 bits per heavy atom. The zero-order valence-electron chi connectivity index (χ0n) is 15.8. The van der Waals surface area contributed by atoms with E-state index in [0.29, 0.717) is 11.5 Å². The molecule has 27 heavy (non-hydrogen) atoms. The first-order chi connectivity index (χ1) is 13.3. The summed E-state index contributed by atoms with van der Waals surface area (Å²) in [5, 5.41) is 1.31. The lowest BCUT2D eigenvalue weighted by Crippen LogP contribution is -2.08. The van der Waals surface area contributed by atoms with E-state index in [9.17, 15) is 4.79 Å². The number of methoxy groups -OCH3 is 1. The number of carbonyl (C=O) groups excluding carboxylic acids is 1. The van der Waals surface area contributed by atoms with Gasteiger partial charge in [-0.1, -0.05) is 49.6 Å². The van der Waals surface area contributed by atoms with Crippen molar-refractivity contribution in [1.29, 1.82) is 0 Å². The molecule has 0 N–H and O–H groups in total. The smallest absolute Gasteiger partial charge is 0.337 e. The number of benzene rings is 1. The molecule has 2 heterocycles. The maximum absolute atomic E-state index is 12.1. The van der Waals surface area contributed by atoms with Crippen molar-refractivity contribution in [3.8, 4) is 0 Å². The minimum Gasteiger partial charge on any atom is -0.465 e. The minimum atomic E-state index is -0.267. The molecular formula is C24H25NO2. The van der Waals surface area contributed by atoms with Gasteiger partial charge in [0.2, 0.25) is 0 Å². The van der Waals surface area contributed by atoms with Crippen LogP contribution < -0.4 is 0 Å². The topological polar surface area (TPSA) is 31.2 Å². The first kappa shape index (κ1) is 16.6. The maximum Gasteiger partial charge on any atom is 0.337 e. The van der Waals surface area contributed by atoms with Crippen molar-refractivity contribution in [2.75, 3.05) is 7.11 Å². The fourth-order valence-corrected chi connectivity index (χ4v) is 5.12. The van der Waals surface area contributed by atoms with Gasteiger partial charge in [0.25, 0.3) is 0 Å². The second-order valence-corrected chi connectivity index (χ2v) is 7.88. The molecule has 1 fully saturated rings. The van der Waals surface area contributed by atoms with E-state index < -0.39 is 0 Å². The Morgan fingerprint density at radius 3 is 2.78 bits per heavy atom. The molecule has 0 radical (unpaired) electrons. The van der Waals surface area contributed by atoms with Crippen LogP contribution in [0, 0.1) is 0 Å². The lowest BCUT2D eigenvalue weighted by molar-refractivity contribution is 0.0601. The van der Waals surface area contributed by atoms with E-state index in [1.807, 2.05) is 12.1 Å². The predicted octanol–water partition coefficient (Wildman–Crippen LogP) is 5.76. The molecule has 0 unspecified atom stereocenters. The maximum atomic E-state index is 12.1. The van der Waals surface area contributed by atoms with Crippen LogP contribution in [0.2, 0.25) is 0 Å². The van der Waals surface area contributed by atoms with E-state index in [2.05, 4.69) is 34.9 Å². The molecule has 0 atom stereocenters. The van der Waals surface area contributed by atoms with Crippen molar-refractivity contribution in [2.45, 2.75) is 51.0 Å². The van der Waals surface area contributed by atoms with Crippen LogP contribution in [0.1, 0.15) is 66.1 Å². The summed E-state index contributed by atoms with van der Waals surface area (Å²) in [5.41, 5.74) is 7.47. The molecule has 1 aromatic heterocycles. The molecule has 1 aliphatic heterocycles. The van der Waals surface area contributed by atoms with Gasteiger partial charge in [0.1, 0.15) is 0 Å². The van der Waals surface area contributed by atoms with Gasteiger partial charge in [-0.2, -0.15) is 0 Å². The van der Waals surface area contributed by atoms with Crippen molar-refractivity contribution in [2.24, 2.45) is 0 Å². The van der Waals surface area contributed by atoms with Crippen molar-refractivity contribution in [3.63, 3.8) is 0 Å². The van der Waals surface area contributed by atoms with Crippen molar-refractivity contribution in [1.82, 2.24) is 4.57 Å². The van der Waals surface area contributed by atoms with Crippen LogP contribution in [-0.4, -0.2) is 17.6 Å². The first-order valence-electron chi connectivity index (χ1n) is 10.1. The Balaban J connectivity index is 1.80. The van der Waals surface area contributed by atoms with Gasteiger partial charge >= 0.3 is 5.97 Å². The van der Waals surface area contributed by atoms with E-state index >= 15 is 0 Å².